The summed E-state index contributed by atoms with van der Waals surface area (Å²) in [4.78, 5) is 25.8. The normalized spacial score (nSPS) is 15.4. The molecule has 3 rings (SSSR count). The number of hydrogen-bond donors (Lipinski definition) is 1. The van der Waals surface area contributed by atoms with Crippen LogP contribution in [0.25, 0.3) is 0 Å². The van der Waals surface area contributed by atoms with Gasteiger partial charge in [0.25, 0.3) is 0 Å². The molecule has 5 heteroatoms. The molecule has 0 saturated heterocycles. The van der Waals surface area contributed by atoms with Crippen molar-refractivity contribution < 1.29 is 19.1 Å². The maximum atomic E-state index is 13.4. The van der Waals surface area contributed by atoms with Crippen molar-refractivity contribution in [3.63, 3.8) is 0 Å². The fourth-order valence-electron chi connectivity index (χ4n) is 4.07. The van der Waals surface area contributed by atoms with Crippen LogP contribution in [-0.4, -0.2) is 25.1 Å². The molecule has 1 aliphatic rings. The van der Waals surface area contributed by atoms with Crippen molar-refractivity contribution in [2.45, 2.75) is 51.4 Å². The summed E-state index contributed by atoms with van der Waals surface area (Å²) in [5.74, 6) is -0.0238. The first-order valence-electron chi connectivity index (χ1n) is 10.4. The van der Waals surface area contributed by atoms with Crippen LogP contribution in [-0.2, 0) is 14.9 Å². The predicted molar refractivity (Wildman–Crippen MR) is 113 cm³/mol. The van der Waals surface area contributed by atoms with Gasteiger partial charge in [-0.15, -0.1) is 0 Å². The average molecular weight is 395 g/mol. The second-order valence-corrected chi connectivity index (χ2v) is 7.33. The molecule has 0 radical (unpaired) electrons. The van der Waals surface area contributed by atoms with Crippen LogP contribution < -0.4 is 10.1 Å². The third kappa shape index (κ3) is 4.61. The standard InChI is InChI=1S/C24H29NO4/c1-3-28-21-14-13-19(17-20(21)22(26)29-4-2)25-23(27)24(15-9-6-10-16-24)18-11-7-5-8-12-18/h5,7-8,11-14,17H,3-4,6,9-10,15-16H2,1-2H3,(H,25,27). The molecule has 1 fully saturated rings. The van der Waals surface area contributed by atoms with E-state index in [1.807, 2.05) is 37.3 Å². The van der Waals surface area contributed by atoms with Gasteiger partial charge in [0.2, 0.25) is 5.91 Å². The molecule has 0 aromatic heterocycles. The number of amides is 1. The minimum Gasteiger partial charge on any atom is -0.493 e. The fraction of sp³-hybridized carbons (Fsp3) is 0.417. The van der Waals surface area contributed by atoms with Crippen LogP contribution in [0, 0.1) is 0 Å². The van der Waals surface area contributed by atoms with Gasteiger partial charge >= 0.3 is 5.97 Å². The average Bonchev–Trinajstić information content (AvgIpc) is 2.76. The van der Waals surface area contributed by atoms with E-state index in [4.69, 9.17) is 9.47 Å². The van der Waals surface area contributed by atoms with Gasteiger partial charge in [-0.25, -0.2) is 4.79 Å². The monoisotopic (exact) mass is 395 g/mol. The van der Waals surface area contributed by atoms with Crippen molar-refractivity contribution in [1.82, 2.24) is 0 Å². The van der Waals surface area contributed by atoms with E-state index in [2.05, 4.69) is 5.32 Å². The van der Waals surface area contributed by atoms with Crippen molar-refractivity contribution in [2.24, 2.45) is 0 Å². The van der Waals surface area contributed by atoms with E-state index in [1.165, 1.54) is 0 Å². The van der Waals surface area contributed by atoms with E-state index in [1.54, 1.807) is 25.1 Å². The maximum Gasteiger partial charge on any atom is 0.341 e. The summed E-state index contributed by atoms with van der Waals surface area (Å²) >= 11 is 0. The first kappa shape index (κ1) is 20.9. The highest BCUT2D eigenvalue weighted by Crippen LogP contribution is 2.40. The highest BCUT2D eigenvalue weighted by atomic mass is 16.5. The predicted octanol–water partition coefficient (Wildman–Crippen LogP) is 5.10. The summed E-state index contributed by atoms with van der Waals surface area (Å²) in [5.41, 5.74) is 1.40. The molecule has 5 nitrogen and oxygen atoms in total. The van der Waals surface area contributed by atoms with Crippen LogP contribution in [0.2, 0.25) is 0 Å². The Balaban J connectivity index is 1.90. The smallest absolute Gasteiger partial charge is 0.341 e. The number of carbonyl (C=O) groups excluding carboxylic acids is 2. The highest BCUT2D eigenvalue weighted by molar-refractivity contribution is 6.01. The minimum atomic E-state index is -0.539. The summed E-state index contributed by atoms with van der Waals surface area (Å²) in [6, 6.07) is 15.1. The summed E-state index contributed by atoms with van der Waals surface area (Å²) in [7, 11) is 0. The largest absolute Gasteiger partial charge is 0.493 e. The van der Waals surface area contributed by atoms with Crippen molar-refractivity contribution >= 4 is 17.6 Å². The summed E-state index contributed by atoms with van der Waals surface area (Å²) in [5, 5.41) is 3.06. The first-order chi connectivity index (χ1) is 14.1. The third-order valence-electron chi connectivity index (χ3n) is 5.50. The Morgan fingerprint density at radius 1 is 0.966 bits per heavy atom. The Morgan fingerprint density at radius 3 is 2.34 bits per heavy atom. The van der Waals surface area contributed by atoms with Gasteiger partial charge in [0.05, 0.1) is 18.6 Å². The molecular weight excluding hydrogens is 366 g/mol. The van der Waals surface area contributed by atoms with Gasteiger partial charge in [-0.2, -0.15) is 0 Å². The topological polar surface area (TPSA) is 64.6 Å². The van der Waals surface area contributed by atoms with Crippen molar-refractivity contribution in [2.75, 3.05) is 18.5 Å². The third-order valence-corrected chi connectivity index (χ3v) is 5.50. The Hall–Kier alpha value is -2.82. The Labute approximate surface area is 172 Å². The molecule has 0 unspecified atom stereocenters. The molecule has 154 valence electrons. The van der Waals surface area contributed by atoms with Gasteiger partial charge < -0.3 is 14.8 Å². The van der Waals surface area contributed by atoms with Gasteiger partial charge in [-0.3, -0.25) is 4.79 Å². The number of ether oxygens (including phenoxy) is 2. The Bertz CT molecular complexity index is 841. The van der Waals surface area contributed by atoms with E-state index < -0.39 is 11.4 Å². The number of carbonyl (C=O) groups is 2. The first-order valence-corrected chi connectivity index (χ1v) is 10.4. The highest BCUT2D eigenvalue weighted by Gasteiger charge is 2.41. The van der Waals surface area contributed by atoms with Crippen LogP contribution >= 0.6 is 0 Å². The van der Waals surface area contributed by atoms with Gasteiger partial charge in [0, 0.05) is 5.69 Å². The molecule has 1 amide bonds. The van der Waals surface area contributed by atoms with Crippen molar-refractivity contribution in [1.29, 1.82) is 0 Å². The summed E-state index contributed by atoms with van der Waals surface area (Å²) < 4.78 is 10.7. The quantitative estimate of drug-likeness (QED) is 0.662. The van der Waals surface area contributed by atoms with E-state index in [0.29, 0.717) is 23.6 Å². The lowest BCUT2D eigenvalue weighted by Gasteiger charge is -2.36. The van der Waals surface area contributed by atoms with Gasteiger partial charge in [-0.05, 0) is 50.5 Å². The zero-order valence-corrected chi connectivity index (χ0v) is 17.2. The van der Waals surface area contributed by atoms with Crippen LogP contribution in [0.15, 0.2) is 48.5 Å². The fourth-order valence-corrected chi connectivity index (χ4v) is 4.07. The zero-order chi connectivity index (χ0) is 20.7. The maximum absolute atomic E-state index is 13.4. The number of esters is 1. The van der Waals surface area contributed by atoms with E-state index >= 15 is 0 Å². The van der Waals surface area contributed by atoms with Gasteiger partial charge in [-0.1, -0.05) is 49.6 Å². The number of hydrogen-bond acceptors (Lipinski definition) is 4. The van der Waals surface area contributed by atoms with Crippen LogP contribution in [0.4, 0.5) is 5.69 Å². The van der Waals surface area contributed by atoms with Gasteiger partial charge in [0.15, 0.2) is 0 Å². The second-order valence-electron chi connectivity index (χ2n) is 7.33. The second kappa shape index (κ2) is 9.59. The van der Waals surface area contributed by atoms with E-state index in [-0.39, 0.29) is 12.5 Å². The molecule has 1 N–H and O–H groups in total. The Morgan fingerprint density at radius 2 is 1.69 bits per heavy atom. The summed E-state index contributed by atoms with van der Waals surface area (Å²) in [6.45, 7) is 4.33. The van der Waals surface area contributed by atoms with Gasteiger partial charge in [0.1, 0.15) is 11.3 Å². The lowest BCUT2D eigenvalue weighted by Crippen LogP contribution is -2.42. The van der Waals surface area contributed by atoms with E-state index in [9.17, 15) is 9.59 Å². The molecule has 0 bridgehead atoms. The SMILES string of the molecule is CCOC(=O)c1cc(NC(=O)C2(c3ccccc3)CCCCC2)ccc1OCC. The molecule has 29 heavy (non-hydrogen) atoms. The number of rotatable bonds is 7. The number of benzene rings is 2. The molecule has 1 saturated carbocycles. The number of nitrogens with one attached hydrogen (secondary N) is 1. The molecule has 1 aliphatic carbocycles. The molecule has 2 aromatic rings. The van der Waals surface area contributed by atoms with Crippen molar-refractivity contribution in [3.05, 3.63) is 59.7 Å². The molecule has 0 aliphatic heterocycles. The number of anilines is 1. The Kier molecular flexibility index (Phi) is 6.91. The molecule has 0 atom stereocenters. The molecule has 0 spiro atoms. The van der Waals surface area contributed by atoms with Crippen LogP contribution in [0.5, 0.6) is 5.75 Å². The van der Waals surface area contributed by atoms with E-state index in [0.717, 1.165) is 37.7 Å². The van der Waals surface area contributed by atoms with Crippen LogP contribution in [0.1, 0.15) is 61.9 Å². The van der Waals surface area contributed by atoms with Crippen molar-refractivity contribution in [3.8, 4) is 5.75 Å². The zero-order valence-electron chi connectivity index (χ0n) is 17.2. The molecule has 2 aromatic carbocycles. The van der Waals surface area contributed by atoms with Crippen LogP contribution in [0.3, 0.4) is 0 Å². The molecular formula is C24H29NO4. The lowest BCUT2D eigenvalue weighted by molar-refractivity contribution is -0.122. The lowest BCUT2D eigenvalue weighted by atomic mass is 9.68. The minimum absolute atomic E-state index is 0.0256. The summed E-state index contributed by atoms with van der Waals surface area (Å²) in [6.07, 6.45) is 4.85. The molecule has 0 heterocycles.